The van der Waals surface area contributed by atoms with Crippen molar-refractivity contribution in [3.8, 4) is 0 Å². The molecule has 4 rings (SSSR count). The standard InChI is InChI=1S/C26H35FN4O3S/c1-16(28-2)24(33)30-22(17-7-4-3-5-8-17)26(34)31-14-6-9-21(31)25-29-20(15-35-25)23(32)18-10-12-19(27)13-11-18/h10-13,15-17,21-23,28,32H,3-9,14H2,1-2H3,(H,30,33)/t16-,21-,22-,23?/m0/s1. The van der Waals surface area contributed by atoms with Crippen molar-refractivity contribution in [2.45, 2.75) is 76.1 Å². The lowest BCUT2D eigenvalue weighted by atomic mass is 9.83. The Morgan fingerprint density at radius 2 is 1.86 bits per heavy atom. The average Bonchev–Trinajstić information content (AvgIpc) is 3.56. The van der Waals surface area contributed by atoms with Gasteiger partial charge in [-0.3, -0.25) is 9.59 Å². The lowest BCUT2D eigenvalue weighted by Crippen LogP contribution is -2.55. The molecule has 1 aromatic heterocycles. The van der Waals surface area contributed by atoms with Crippen molar-refractivity contribution >= 4 is 23.2 Å². The van der Waals surface area contributed by atoms with Crippen LogP contribution in [0.25, 0.3) is 0 Å². The van der Waals surface area contributed by atoms with Crippen LogP contribution in [0.5, 0.6) is 0 Å². The van der Waals surface area contributed by atoms with Crippen LogP contribution in [0.2, 0.25) is 0 Å². The molecule has 2 fully saturated rings. The Morgan fingerprint density at radius 1 is 1.14 bits per heavy atom. The highest BCUT2D eigenvalue weighted by molar-refractivity contribution is 7.09. The predicted molar refractivity (Wildman–Crippen MR) is 133 cm³/mol. The number of nitrogens with zero attached hydrogens (tertiary/aromatic N) is 2. The molecule has 1 saturated carbocycles. The highest BCUT2D eigenvalue weighted by Crippen LogP contribution is 2.37. The molecule has 9 heteroatoms. The van der Waals surface area contributed by atoms with Gasteiger partial charge in [-0.2, -0.15) is 0 Å². The van der Waals surface area contributed by atoms with Gasteiger partial charge in [-0.1, -0.05) is 31.4 Å². The largest absolute Gasteiger partial charge is 0.382 e. The van der Waals surface area contributed by atoms with Gasteiger partial charge in [-0.15, -0.1) is 11.3 Å². The number of aliphatic hydroxyl groups excluding tert-OH is 1. The maximum absolute atomic E-state index is 13.9. The van der Waals surface area contributed by atoms with Crippen LogP contribution in [0.1, 0.15) is 80.3 Å². The minimum Gasteiger partial charge on any atom is -0.382 e. The Morgan fingerprint density at radius 3 is 2.54 bits per heavy atom. The maximum atomic E-state index is 13.9. The summed E-state index contributed by atoms with van der Waals surface area (Å²) in [5, 5.41) is 19.3. The molecule has 190 valence electrons. The van der Waals surface area contributed by atoms with E-state index in [4.69, 9.17) is 0 Å². The van der Waals surface area contributed by atoms with E-state index in [0.29, 0.717) is 17.8 Å². The van der Waals surface area contributed by atoms with Crippen LogP contribution >= 0.6 is 11.3 Å². The minimum absolute atomic E-state index is 0.0353. The van der Waals surface area contributed by atoms with Gasteiger partial charge in [-0.05, 0) is 63.3 Å². The molecule has 1 aromatic carbocycles. The van der Waals surface area contributed by atoms with Crippen molar-refractivity contribution in [1.82, 2.24) is 20.5 Å². The molecule has 2 amide bonds. The average molecular weight is 503 g/mol. The molecule has 2 aliphatic rings. The molecular weight excluding hydrogens is 467 g/mol. The predicted octanol–water partition coefficient (Wildman–Crippen LogP) is 3.70. The SMILES string of the molecule is CN[C@@H](C)C(=O)N[C@H](C(=O)N1CCC[C@H]1c1nc(C(O)c2ccc(F)cc2)cs1)C1CCCCC1. The van der Waals surface area contributed by atoms with Gasteiger partial charge in [-0.25, -0.2) is 9.37 Å². The number of carbonyl (C=O) groups is 2. The Hall–Kier alpha value is -2.36. The first-order valence-electron chi connectivity index (χ1n) is 12.6. The van der Waals surface area contributed by atoms with Gasteiger partial charge in [0, 0.05) is 11.9 Å². The first-order valence-corrected chi connectivity index (χ1v) is 13.4. The van der Waals surface area contributed by atoms with Crippen LogP contribution in [-0.2, 0) is 9.59 Å². The number of likely N-dealkylation sites (tertiary alicyclic amines) is 1. The molecule has 2 heterocycles. The number of carbonyl (C=O) groups excluding carboxylic acids is 2. The fourth-order valence-electron chi connectivity index (χ4n) is 5.12. The normalized spacial score (nSPS) is 21.5. The number of hydrogen-bond donors (Lipinski definition) is 3. The van der Waals surface area contributed by atoms with Crippen molar-refractivity contribution in [2.24, 2.45) is 5.92 Å². The molecule has 1 aliphatic heterocycles. The molecule has 35 heavy (non-hydrogen) atoms. The molecule has 7 nitrogen and oxygen atoms in total. The van der Waals surface area contributed by atoms with E-state index in [0.717, 1.165) is 43.5 Å². The Balaban J connectivity index is 1.52. The van der Waals surface area contributed by atoms with Gasteiger partial charge in [0.1, 0.15) is 23.0 Å². The summed E-state index contributed by atoms with van der Waals surface area (Å²) in [6, 6.07) is 4.64. The van der Waals surface area contributed by atoms with Crippen molar-refractivity contribution in [3.63, 3.8) is 0 Å². The van der Waals surface area contributed by atoms with Crippen LogP contribution in [-0.4, -0.2) is 52.5 Å². The topological polar surface area (TPSA) is 94.6 Å². The Bertz CT molecular complexity index is 1010. The van der Waals surface area contributed by atoms with E-state index in [2.05, 4.69) is 15.6 Å². The summed E-state index contributed by atoms with van der Waals surface area (Å²) in [6.07, 6.45) is 5.90. The number of aliphatic hydroxyl groups is 1. The third-order valence-corrected chi connectivity index (χ3v) is 8.30. The number of thiazole rings is 1. The summed E-state index contributed by atoms with van der Waals surface area (Å²) < 4.78 is 13.3. The molecule has 3 N–H and O–H groups in total. The Labute approximate surface area is 210 Å². The second kappa shape index (κ2) is 11.6. The summed E-state index contributed by atoms with van der Waals surface area (Å²) in [6.45, 7) is 2.42. The van der Waals surface area contributed by atoms with Gasteiger partial charge >= 0.3 is 0 Å². The number of likely N-dealkylation sites (N-methyl/N-ethyl adjacent to an activating group) is 1. The van der Waals surface area contributed by atoms with Crippen molar-refractivity contribution < 1.29 is 19.1 Å². The molecule has 0 spiro atoms. The molecule has 1 aliphatic carbocycles. The zero-order valence-corrected chi connectivity index (χ0v) is 21.2. The second-order valence-electron chi connectivity index (χ2n) is 9.65. The van der Waals surface area contributed by atoms with Crippen molar-refractivity contribution in [1.29, 1.82) is 0 Å². The van der Waals surface area contributed by atoms with Gasteiger partial charge in [0.25, 0.3) is 0 Å². The van der Waals surface area contributed by atoms with Crippen LogP contribution in [0.4, 0.5) is 4.39 Å². The summed E-state index contributed by atoms with van der Waals surface area (Å²) in [5.74, 6) is -0.417. The number of amides is 2. The van der Waals surface area contributed by atoms with Crippen molar-refractivity contribution in [2.75, 3.05) is 13.6 Å². The molecule has 2 aromatic rings. The molecule has 0 radical (unpaired) electrons. The number of halogens is 1. The monoisotopic (exact) mass is 502 g/mol. The fraction of sp³-hybridized carbons (Fsp3) is 0.577. The summed E-state index contributed by atoms with van der Waals surface area (Å²) in [5.41, 5.74) is 1.07. The van der Waals surface area contributed by atoms with Crippen LogP contribution < -0.4 is 10.6 Å². The number of aromatic nitrogens is 1. The minimum atomic E-state index is -0.955. The molecule has 1 unspecified atom stereocenters. The van der Waals surface area contributed by atoms with Crippen LogP contribution in [0.15, 0.2) is 29.6 Å². The van der Waals surface area contributed by atoms with E-state index in [1.54, 1.807) is 31.5 Å². The van der Waals surface area contributed by atoms with E-state index in [1.807, 2.05) is 4.90 Å². The van der Waals surface area contributed by atoms with Crippen LogP contribution in [0, 0.1) is 11.7 Å². The van der Waals surface area contributed by atoms with E-state index < -0.39 is 12.1 Å². The molecule has 1 saturated heterocycles. The fourth-order valence-corrected chi connectivity index (χ4v) is 6.10. The van der Waals surface area contributed by atoms with E-state index >= 15 is 0 Å². The lowest BCUT2D eigenvalue weighted by molar-refractivity contribution is -0.139. The third kappa shape index (κ3) is 5.90. The van der Waals surface area contributed by atoms with Gasteiger partial charge in [0.05, 0.1) is 17.8 Å². The number of benzene rings is 1. The number of hydrogen-bond acceptors (Lipinski definition) is 6. The van der Waals surface area contributed by atoms with Gasteiger partial charge in [0.2, 0.25) is 11.8 Å². The zero-order valence-electron chi connectivity index (χ0n) is 20.4. The highest BCUT2D eigenvalue weighted by Gasteiger charge is 2.40. The number of nitrogens with one attached hydrogen (secondary N) is 2. The van der Waals surface area contributed by atoms with Crippen molar-refractivity contribution in [3.05, 3.63) is 51.7 Å². The second-order valence-corrected chi connectivity index (χ2v) is 10.5. The van der Waals surface area contributed by atoms with Crippen LogP contribution in [0.3, 0.4) is 0 Å². The molecule has 4 atom stereocenters. The summed E-state index contributed by atoms with van der Waals surface area (Å²) in [7, 11) is 1.73. The quantitative estimate of drug-likeness (QED) is 0.512. The zero-order chi connectivity index (χ0) is 24.9. The highest BCUT2D eigenvalue weighted by atomic mass is 32.1. The van der Waals surface area contributed by atoms with Gasteiger partial charge in [0.15, 0.2) is 0 Å². The maximum Gasteiger partial charge on any atom is 0.246 e. The van der Waals surface area contributed by atoms with E-state index in [1.165, 1.54) is 29.9 Å². The molecule has 0 bridgehead atoms. The first kappa shape index (κ1) is 25.7. The summed E-state index contributed by atoms with van der Waals surface area (Å²) >= 11 is 1.43. The van der Waals surface area contributed by atoms with E-state index in [-0.39, 0.29) is 35.6 Å². The molecular formula is C26H35FN4O3S. The Kier molecular flexibility index (Phi) is 8.51. The lowest BCUT2D eigenvalue weighted by Gasteiger charge is -2.35. The summed E-state index contributed by atoms with van der Waals surface area (Å²) in [4.78, 5) is 33.1. The number of rotatable bonds is 8. The third-order valence-electron chi connectivity index (χ3n) is 7.34. The van der Waals surface area contributed by atoms with E-state index in [9.17, 15) is 19.1 Å². The van der Waals surface area contributed by atoms with Gasteiger partial charge < -0.3 is 20.6 Å². The smallest absolute Gasteiger partial charge is 0.246 e. The first-order chi connectivity index (χ1) is 16.9.